The number of rotatable bonds is 7. The van der Waals surface area contributed by atoms with E-state index in [1.54, 1.807) is 7.11 Å². The van der Waals surface area contributed by atoms with Crippen molar-refractivity contribution < 1.29 is 9.53 Å². The number of nitrogens with zero attached hydrogens (tertiary/aromatic N) is 3. The van der Waals surface area contributed by atoms with E-state index in [4.69, 9.17) is 4.74 Å². The van der Waals surface area contributed by atoms with Crippen LogP contribution in [0.15, 0.2) is 72.8 Å². The quantitative estimate of drug-likeness (QED) is 0.371. The van der Waals surface area contributed by atoms with E-state index >= 15 is 0 Å². The Morgan fingerprint density at radius 3 is 2.12 bits per heavy atom. The summed E-state index contributed by atoms with van der Waals surface area (Å²) in [6.07, 6.45) is 4.46. The third-order valence-electron chi connectivity index (χ3n) is 8.67. The molecule has 0 aliphatic carbocycles. The Kier molecular flexibility index (Phi) is 9.88. The van der Waals surface area contributed by atoms with Gasteiger partial charge >= 0.3 is 0 Å². The second kappa shape index (κ2) is 13.2. The van der Waals surface area contributed by atoms with Crippen LogP contribution in [0.4, 0.5) is 17.1 Å². The minimum atomic E-state index is -0.690. The summed E-state index contributed by atoms with van der Waals surface area (Å²) in [5.41, 5.74) is 4.93. The third-order valence-corrected chi connectivity index (χ3v) is 8.67. The Morgan fingerprint density at radius 2 is 1.40 bits per heavy atom. The standard InChI is InChI=1S/C32H38N4O2.2ClH/c1-38-29-16-7-6-14-27(29)36-23-21-34(22-24-36)20-17-32(25-11-4-2-5-12-25)30-26(33-31(32)37)13-10-15-28(30)35-18-8-3-9-19-35;;/h2,4-7,10-16H,3,8-9,17-24H2,1H3,(H,33,37);2*1H. The van der Waals surface area contributed by atoms with Crippen LogP contribution in [0.25, 0.3) is 0 Å². The van der Waals surface area contributed by atoms with Gasteiger partial charge in [0.1, 0.15) is 11.2 Å². The van der Waals surface area contributed by atoms with Gasteiger partial charge in [0.15, 0.2) is 0 Å². The van der Waals surface area contributed by atoms with E-state index in [1.807, 2.05) is 18.2 Å². The Labute approximate surface area is 250 Å². The average Bonchev–Trinajstić information content (AvgIpc) is 3.29. The number of fused-ring (bicyclic) bond motifs is 1. The Bertz CT molecular complexity index is 1280. The van der Waals surface area contributed by atoms with Crippen molar-refractivity contribution in [3.05, 3.63) is 83.9 Å². The number of nitrogens with one attached hydrogen (secondary N) is 1. The number of hydrogen-bond acceptors (Lipinski definition) is 5. The van der Waals surface area contributed by atoms with Gasteiger partial charge in [0.25, 0.3) is 0 Å². The second-order valence-electron chi connectivity index (χ2n) is 10.7. The van der Waals surface area contributed by atoms with Crippen LogP contribution >= 0.6 is 24.8 Å². The maximum atomic E-state index is 14.0. The van der Waals surface area contributed by atoms with E-state index in [2.05, 4.69) is 74.6 Å². The maximum absolute atomic E-state index is 14.0. The van der Waals surface area contributed by atoms with Crippen LogP contribution in [0.3, 0.4) is 0 Å². The highest BCUT2D eigenvalue weighted by Gasteiger charge is 2.50. The molecule has 1 atom stereocenters. The molecule has 3 heterocycles. The van der Waals surface area contributed by atoms with Crippen molar-refractivity contribution in [1.29, 1.82) is 0 Å². The minimum Gasteiger partial charge on any atom is -0.495 e. The summed E-state index contributed by atoms with van der Waals surface area (Å²) in [7, 11) is 1.74. The van der Waals surface area contributed by atoms with E-state index in [0.717, 1.165) is 74.9 Å². The molecule has 3 aromatic carbocycles. The summed E-state index contributed by atoms with van der Waals surface area (Å²) >= 11 is 0. The fourth-order valence-corrected chi connectivity index (χ4v) is 6.64. The Hall–Kier alpha value is -2.93. The van der Waals surface area contributed by atoms with Gasteiger partial charge in [-0.1, -0.05) is 48.5 Å². The lowest BCUT2D eigenvalue weighted by atomic mass is 9.71. The number of methoxy groups -OCH3 is 1. The number of anilines is 3. The molecule has 0 aromatic heterocycles. The van der Waals surface area contributed by atoms with Crippen molar-refractivity contribution in [2.24, 2.45) is 0 Å². The van der Waals surface area contributed by atoms with Crippen LogP contribution in [0, 0.1) is 0 Å². The summed E-state index contributed by atoms with van der Waals surface area (Å²) in [6.45, 7) is 6.80. The van der Waals surface area contributed by atoms with Gasteiger partial charge < -0.3 is 19.9 Å². The van der Waals surface area contributed by atoms with Gasteiger partial charge in [-0.25, -0.2) is 0 Å². The van der Waals surface area contributed by atoms with E-state index in [1.165, 1.54) is 30.5 Å². The van der Waals surface area contributed by atoms with Gasteiger partial charge in [0.2, 0.25) is 5.91 Å². The number of hydrogen-bond donors (Lipinski definition) is 1. The SMILES string of the molecule is COc1ccccc1N1CCN(CCC2(c3ccccc3)C(=O)Nc3cccc(N4CCCCC4)c32)CC1.Cl.Cl. The van der Waals surface area contributed by atoms with Crippen LogP contribution in [-0.4, -0.2) is 63.7 Å². The molecule has 1 N–H and O–H groups in total. The highest BCUT2D eigenvalue weighted by Crippen LogP contribution is 2.50. The molecule has 6 rings (SSSR count). The first-order chi connectivity index (χ1) is 18.7. The van der Waals surface area contributed by atoms with Crippen molar-refractivity contribution in [1.82, 2.24) is 4.90 Å². The van der Waals surface area contributed by atoms with Crippen molar-refractivity contribution in [3.63, 3.8) is 0 Å². The molecular weight excluding hydrogens is 543 g/mol. The average molecular weight is 584 g/mol. The third kappa shape index (κ3) is 5.50. The van der Waals surface area contributed by atoms with Crippen molar-refractivity contribution >= 4 is 47.8 Å². The number of halogens is 2. The summed E-state index contributed by atoms with van der Waals surface area (Å²) in [5, 5.41) is 3.29. The maximum Gasteiger partial charge on any atom is 0.239 e. The van der Waals surface area contributed by atoms with Crippen LogP contribution in [0.1, 0.15) is 36.8 Å². The second-order valence-corrected chi connectivity index (χ2v) is 10.7. The lowest BCUT2D eigenvalue weighted by Gasteiger charge is -2.39. The molecule has 3 aromatic rings. The number of piperazine rings is 1. The number of benzene rings is 3. The van der Waals surface area contributed by atoms with Gasteiger partial charge in [0, 0.05) is 56.2 Å². The topological polar surface area (TPSA) is 48.1 Å². The van der Waals surface area contributed by atoms with Gasteiger partial charge in [-0.2, -0.15) is 0 Å². The largest absolute Gasteiger partial charge is 0.495 e. The molecule has 0 bridgehead atoms. The van der Waals surface area contributed by atoms with Gasteiger partial charge in [-0.3, -0.25) is 9.69 Å². The molecule has 8 heteroatoms. The lowest BCUT2D eigenvalue weighted by molar-refractivity contribution is -0.119. The highest BCUT2D eigenvalue weighted by molar-refractivity contribution is 6.10. The number of para-hydroxylation sites is 2. The molecular formula is C32H40Cl2N4O2. The first kappa shape index (κ1) is 30.0. The number of carbonyl (C=O) groups is 1. The molecule has 2 fully saturated rings. The van der Waals surface area contributed by atoms with Crippen molar-refractivity contribution in [3.8, 4) is 5.75 Å². The number of carbonyl (C=O) groups excluding carboxylic acids is 1. The molecule has 6 nitrogen and oxygen atoms in total. The van der Waals surface area contributed by atoms with Gasteiger partial charge in [-0.05, 0) is 62.1 Å². The van der Waals surface area contributed by atoms with Crippen LogP contribution in [0.5, 0.6) is 5.75 Å². The molecule has 2 saturated heterocycles. The van der Waals surface area contributed by atoms with Crippen LogP contribution in [0.2, 0.25) is 0 Å². The highest BCUT2D eigenvalue weighted by atomic mass is 35.5. The number of amides is 1. The Balaban J connectivity index is 0.00000185. The summed E-state index contributed by atoms with van der Waals surface area (Å²) < 4.78 is 5.61. The summed E-state index contributed by atoms with van der Waals surface area (Å²) in [4.78, 5) is 21.4. The zero-order chi connectivity index (χ0) is 26.0. The lowest BCUT2D eigenvalue weighted by Crippen LogP contribution is -2.48. The number of piperidine rings is 1. The zero-order valence-electron chi connectivity index (χ0n) is 23.2. The van der Waals surface area contributed by atoms with Crippen molar-refractivity contribution in [2.45, 2.75) is 31.1 Å². The summed E-state index contributed by atoms with van der Waals surface area (Å²) in [5.74, 6) is 1.03. The van der Waals surface area contributed by atoms with Crippen molar-refractivity contribution in [2.75, 3.05) is 68.0 Å². The molecule has 214 valence electrons. The first-order valence-corrected chi connectivity index (χ1v) is 14.1. The first-order valence-electron chi connectivity index (χ1n) is 14.1. The molecule has 3 aliphatic rings. The fraction of sp³-hybridized carbons (Fsp3) is 0.406. The van der Waals surface area contributed by atoms with Crippen LogP contribution < -0.4 is 19.9 Å². The smallest absolute Gasteiger partial charge is 0.239 e. The van der Waals surface area contributed by atoms with Gasteiger partial charge in [-0.15, -0.1) is 24.8 Å². The van der Waals surface area contributed by atoms with E-state index in [0.29, 0.717) is 0 Å². The normalized spacial score (nSPS) is 20.7. The molecule has 0 saturated carbocycles. The summed E-state index contributed by atoms with van der Waals surface area (Å²) in [6, 6.07) is 25.1. The van der Waals surface area contributed by atoms with E-state index in [-0.39, 0.29) is 30.7 Å². The van der Waals surface area contributed by atoms with E-state index in [9.17, 15) is 4.79 Å². The molecule has 0 radical (unpaired) electrons. The predicted molar refractivity (Wildman–Crippen MR) is 169 cm³/mol. The monoisotopic (exact) mass is 582 g/mol. The molecule has 3 aliphatic heterocycles. The predicted octanol–water partition coefficient (Wildman–Crippen LogP) is 5.98. The molecule has 0 spiro atoms. The number of ether oxygens (including phenoxy) is 1. The molecule has 1 amide bonds. The minimum absolute atomic E-state index is 0. The zero-order valence-corrected chi connectivity index (χ0v) is 24.8. The van der Waals surface area contributed by atoms with Gasteiger partial charge in [0.05, 0.1) is 12.8 Å². The van der Waals surface area contributed by atoms with Crippen LogP contribution in [-0.2, 0) is 10.2 Å². The molecule has 1 unspecified atom stereocenters. The van der Waals surface area contributed by atoms with E-state index < -0.39 is 5.41 Å². The molecule has 40 heavy (non-hydrogen) atoms. The Morgan fingerprint density at radius 1 is 0.750 bits per heavy atom. The fourth-order valence-electron chi connectivity index (χ4n) is 6.64.